The van der Waals surface area contributed by atoms with Crippen LogP contribution in [0.4, 0.5) is 0 Å². The van der Waals surface area contributed by atoms with Gasteiger partial charge in [0.15, 0.2) is 5.60 Å². The summed E-state index contributed by atoms with van der Waals surface area (Å²) in [6, 6.07) is 0. The normalized spacial score (nSPS) is 47.0. The van der Waals surface area contributed by atoms with Gasteiger partial charge in [0.25, 0.3) is 0 Å². The van der Waals surface area contributed by atoms with E-state index in [9.17, 15) is 19.5 Å². The monoisotopic (exact) mass is 570 g/mol. The van der Waals surface area contributed by atoms with Gasteiger partial charge in [-0.05, 0) is 44.8 Å². The Morgan fingerprint density at radius 1 is 1.12 bits per heavy atom. The van der Waals surface area contributed by atoms with Crippen LogP contribution in [0.15, 0.2) is 47.6 Å². The van der Waals surface area contributed by atoms with E-state index in [4.69, 9.17) is 28.4 Å². The van der Waals surface area contributed by atoms with Crippen molar-refractivity contribution >= 4 is 17.9 Å². The Morgan fingerprint density at radius 2 is 1.90 bits per heavy atom. The molecular formula is C31H38O10. The molecule has 6 rings (SSSR count). The SMILES string of the molecule is CC(=O)OC(C)C12/C=C/C=C\C(=O)O[C@@H]3C[C@H]4O[C@@H]5C=C(C)CC[C@]5(COC(=O)/C=C(\CCO1)C2O)[C@]3(C)C41CO1. The molecule has 4 heterocycles. The van der Waals surface area contributed by atoms with Crippen LogP contribution in [0, 0.1) is 10.8 Å². The van der Waals surface area contributed by atoms with Gasteiger partial charge in [-0.25, -0.2) is 9.59 Å². The molecule has 1 saturated carbocycles. The summed E-state index contributed by atoms with van der Waals surface area (Å²) in [5.41, 5.74) is -1.86. The highest BCUT2D eigenvalue weighted by Gasteiger charge is 2.83. The maximum absolute atomic E-state index is 13.4. The average molecular weight is 571 g/mol. The Balaban J connectivity index is 1.42. The van der Waals surface area contributed by atoms with Gasteiger partial charge in [0.2, 0.25) is 0 Å². The zero-order chi connectivity index (χ0) is 29.2. The molecule has 41 heavy (non-hydrogen) atoms. The highest BCUT2D eigenvalue weighted by atomic mass is 16.6. The quantitative estimate of drug-likeness (QED) is 0.229. The lowest BCUT2D eigenvalue weighted by molar-refractivity contribution is -0.232. The molecule has 6 aliphatic rings. The molecule has 9 atom stereocenters. The average Bonchev–Trinajstić information content (AvgIpc) is 3.69. The molecule has 1 N–H and O–H groups in total. The summed E-state index contributed by atoms with van der Waals surface area (Å²) in [5.74, 6) is -1.68. The van der Waals surface area contributed by atoms with Gasteiger partial charge < -0.3 is 33.5 Å². The molecule has 10 heteroatoms. The van der Waals surface area contributed by atoms with Crippen molar-refractivity contribution in [1.29, 1.82) is 0 Å². The second kappa shape index (κ2) is 9.90. The fourth-order valence-corrected chi connectivity index (χ4v) is 8.00. The summed E-state index contributed by atoms with van der Waals surface area (Å²) in [7, 11) is 0. The molecule has 222 valence electrons. The second-order valence-corrected chi connectivity index (χ2v) is 12.4. The zero-order valence-corrected chi connectivity index (χ0v) is 23.9. The molecule has 4 bridgehead atoms. The molecule has 3 saturated heterocycles. The van der Waals surface area contributed by atoms with Crippen LogP contribution in [-0.2, 0) is 42.8 Å². The molecule has 0 amide bonds. The van der Waals surface area contributed by atoms with Crippen molar-refractivity contribution in [2.45, 2.75) is 95.1 Å². The van der Waals surface area contributed by atoms with Crippen molar-refractivity contribution in [2.75, 3.05) is 19.8 Å². The van der Waals surface area contributed by atoms with Crippen LogP contribution >= 0.6 is 0 Å². The second-order valence-electron chi connectivity index (χ2n) is 12.4. The molecule has 0 aromatic heterocycles. The van der Waals surface area contributed by atoms with Gasteiger partial charge in [-0.15, -0.1) is 0 Å². The number of ether oxygens (including phenoxy) is 6. The van der Waals surface area contributed by atoms with Gasteiger partial charge in [0.1, 0.15) is 30.5 Å². The summed E-state index contributed by atoms with van der Waals surface area (Å²) in [4.78, 5) is 38.3. The number of hydrogen-bond acceptors (Lipinski definition) is 10. The minimum atomic E-state index is -1.48. The molecule has 2 spiro atoms. The summed E-state index contributed by atoms with van der Waals surface area (Å²) < 4.78 is 36.3. The highest BCUT2D eigenvalue weighted by Crippen LogP contribution is 2.72. The number of carbonyl (C=O) groups excluding carboxylic acids is 3. The van der Waals surface area contributed by atoms with E-state index in [1.807, 2.05) is 0 Å². The summed E-state index contributed by atoms with van der Waals surface area (Å²) in [5, 5.41) is 11.5. The molecule has 2 aliphatic carbocycles. The zero-order valence-electron chi connectivity index (χ0n) is 23.9. The molecule has 10 nitrogen and oxygen atoms in total. The summed E-state index contributed by atoms with van der Waals surface area (Å²) in [6.45, 7) is 7.73. The molecule has 4 unspecified atom stereocenters. The van der Waals surface area contributed by atoms with Crippen LogP contribution in [0.1, 0.15) is 53.4 Å². The van der Waals surface area contributed by atoms with E-state index < -0.39 is 58.3 Å². The first-order chi connectivity index (χ1) is 19.5. The first-order valence-corrected chi connectivity index (χ1v) is 14.4. The predicted octanol–water partition coefficient (Wildman–Crippen LogP) is 2.64. The molecule has 4 fully saturated rings. The van der Waals surface area contributed by atoms with Gasteiger partial charge >= 0.3 is 17.9 Å². The largest absolute Gasteiger partial charge is 0.462 e. The standard InChI is InChI=1S/C31H38O10/c1-18-8-11-29-16-36-26(34)14-21-9-12-37-30(27(21)35,19(2)39-20(3)32)10-6-5-7-25(33)41-22-15-24(40-23(29)13-18)31(17-38-31)28(22,29)4/h5-7,10,13-14,19,22-24,27,35H,8-9,11-12,15-17H2,1-4H3/b7-5-,10-6+,21-14+/t19?,22-,23-,24-,27?,28-,29-,30?,31?/m1/s1. The number of hydrogen-bond donors (Lipinski definition) is 1. The lowest BCUT2D eigenvalue weighted by Crippen LogP contribution is -2.66. The fraction of sp³-hybridized carbons (Fsp3) is 0.645. The molecule has 0 radical (unpaired) electrons. The smallest absolute Gasteiger partial charge is 0.331 e. The van der Waals surface area contributed by atoms with Crippen molar-refractivity contribution < 1.29 is 47.9 Å². The lowest BCUT2D eigenvalue weighted by Gasteiger charge is -2.58. The molecule has 0 aromatic carbocycles. The summed E-state index contributed by atoms with van der Waals surface area (Å²) >= 11 is 0. The van der Waals surface area contributed by atoms with Crippen LogP contribution in [0.2, 0.25) is 0 Å². The van der Waals surface area contributed by atoms with Crippen LogP contribution in [0.3, 0.4) is 0 Å². The van der Waals surface area contributed by atoms with Crippen LogP contribution in [0.25, 0.3) is 0 Å². The minimum Gasteiger partial charge on any atom is -0.462 e. The third-order valence-electron chi connectivity index (χ3n) is 10.5. The van der Waals surface area contributed by atoms with Crippen molar-refractivity contribution in [3.63, 3.8) is 0 Å². The number of allylic oxidation sites excluding steroid dienone is 3. The highest BCUT2D eigenvalue weighted by molar-refractivity contribution is 5.83. The Hall–Kier alpha value is -2.79. The first kappa shape index (κ1) is 28.3. The number of fused-ring (bicyclic) bond motifs is 2. The maximum atomic E-state index is 13.4. The topological polar surface area (TPSA) is 130 Å². The van der Waals surface area contributed by atoms with Crippen LogP contribution in [0.5, 0.6) is 0 Å². The van der Waals surface area contributed by atoms with E-state index in [1.165, 1.54) is 30.7 Å². The van der Waals surface area contributed by atoms with Gasteiger partial charge in [-0.1, -0.05) is 30.7 Å². The van der Waals surface area contributed by atoms with E-state index >= 15 is 0 Å². The number of rotatable bonds is 2. The van der Waals surface area contributed by atoms with Gasteiger partial charge in [0, 0.05) is 30.9 Å². The van der Waals surface area contributed by atoms with Gasteiger partial charge in [-0.3, -0.25) is 4.79 Å². The minimum absolute atomic E-state index is 0.0315. The molecule has 0 aromatic rings. The van der Waals surface area contributed by atoms with Crippen LogP contribution < -0.4 is 0 Å². The van der Waals surface area contributed by atoms with Gasteiger partial charge in [-0.2, -0.15) is 0 Å². The Morgan fingerprint density at radius 3 is 2.63 bits per heavy atom. The number of aliphatic hydroxyl groups is 1. The van der Waals surface area contributed by atoms with E-state index in [0.717, 1.165) is 6.42 Å². The maximum Gasteiger partial charge on any atom is 0.331 e. The lowest BCUT2D eigenvalue weighted by atomic mass is 9.51. The first-order valence-electron chi connectivity index (χ1n) is 14.4. The van der Waals surface area contributed by atoms with Crippen molar-refractivity contribution in [3.8, 4) is 0 Å². The third kappa shape index (κ3) is 4.17. The number of cyclic esters (lactones) is 1. The van der Waals surface area contributed by atoms with Crippen LogP contribution in [-0.4, -0.2) is 84.6 Å². The van der Waals surface area contributed by atoms with Gasteiger partial charge in [0.05, 0.1) is 30.8 Å². The Kier molecular flexibility index (Phi) is 6.84. The van der Waals surface area contributed by atoms with E-state index in [0.29, 0.717) is 25.0 Å². The van der Waals surface area contributed by atoms with Crippen molar-refractivity contribution in [1.82, 2.24) is 0 Å². The Labute approximate surface area is 239 Å². The van der Waals surface area contributed by atoms with Crippen molar-refractivity contribution in [3.05, 3.63) is 47.6 Å². The summed E-state index contributed by atoms with van der Waals surface area (Å²) in [6.07, 6.45) is 8.26. The Bertz CT molecular complexity index is 1260. The number of carbonyl (C=O) groups is 3. The molecular weight excluding hydrogens is 532 g/mol. The number of aliphatic hydroxyl groups excluding tert-OH is 1. The third-order valence-corrected chi connectivity index (χ3v) is 10.5. The predicted molar refractivity (Wildman–Crippen MR) is 143 cm³/mol. The number of esters is 3. The van der Waals surface area contributed by atoms with Crippen molar-refractivity contribution in [2.24, 2.45) is 10.8 Å². The van der Waals surface area contributed by atoms with E-state index in [-0.39, 0.29) is 31.8 Å². The molecule has 4 aliphatic heterocycles. The van der Waals surface area contributed by atoms with E-state index in [2.05, 4.69) is 19.9 Å². The number of epoxide rings is 1. The fourth-order valence-electron chi connectivity index (χ4n) is 8.00. The van der Waals surface area contributed by atoms with E-state index in [1.54, 1.807) is 19.1 Å².